The van der Waals surface area contributed by atoms with Crippen LogP contribution in [0.5, 0.6) is 11.5 Å². The molecule has 23 heavy (non-hydrogen) atoms. The molecule has 5 nitrogen and oxygen atoms in total. The van der Waals surface area contributed by atoms with Gasteiger partial charge in [0, 0.05) is 19.1 Å². The molecule has 1 aliphatic rings. The fourth-order valence-electron chi connectivity index (χ4n) is 2.88. The van der Waals surface area contributed by atoms with Crippen molar-refractivity contribution in [2.24, 2.45) is 0 Å². The second kappa shape index (κ2) is 8.20. The summed E-state index contributed by atoms with van der Waals surface area (Å²) >= 11 is 0. The van der Waals surface area contributed by atoms with E-state index >= 15 is 0 Å². The Hall–Kier alpha value is -1.75. The highest BCUT2D eigenvalue weighted by atomic mass is 16.5. The molecule has 1 aromatic rings. The second-order valence-electron chi connectivity index (χ2n) is 6.13. The maximum absolute atomic E-state index is 12.1. The number of methoxy groups -OCH3 is 2. The number of nitrogens with zero attached hydrogens (tertiary/aromatic N) is 1. The number of ether oxygens (including phenoxy) is 2. The predicted molar refractivity (Wildman–Crippen MR) is 91.3 cm³/mol. The summed E-state index contributed by atoms with van der Waals surface area (Å²) in [6, 6.07) is 4.37. The van der Waals surface area contributed by atoms with Crippen molar-refractivity contribution < 1.29 is 14.3 Å². The minimum absolute atomic E-state index is 0.112. The standard InChI is InChI=1S/C18H28N2O3/c1-5-13(2)19-18(21)12-20-8-6-14-10-16(22-3)17(23-4)11-15(14)7-9-20/h10-11,13H,5-9,12H2,1-4H3,(H,19,21)/t13-/m0/s1. The highest BCUT2D eigenvalue weighted by molar-refractivity contribution is 5.78. The summed E-state index contributed by atoms with van der Waals surface area (Å²) in [7, 11) is 3.32. The highest BCUT2D eigenvalue weighted by Gasteiger charge is 2.19. The van der Waals surface area contributed by atoms with Gasteiger partial charge in [0.1, 0.15) is 0 Å². The first-order valence-electron chi connectivity index (χ1n) is 8.32. The van der Waals surface area contributed by atoms with E-state index in [1.165, 1.54) is 11.1 Å². The van der Waals surface area contributed by atoms with Gasteiger partial charge in [-0.25, -0.2) is 0 Å². The first kappa shape index (κ1) is 17.6. The zero-order chi connectivity index (χ0) is 16.8. The van der Waals surface area contributed by atoms with Crippen LogP contribution in [-0.2, 0) is 17.6 Å². The van der Waals surface area contributed by atoms with Crippen LogP contribution in [0.1, 0.15) is 31.4 Å². The van der Waals surface area contributed by atoms with Crippen molar-refractivity contribution in [3.8, 4) is 11.5 Å². The number of nitrogens with one attached hydrogen (secondary N) is 1. The van der Waals surface area contributed by atoms with Crippen LogP contribution in [0.3, 0.4) is 0 Å². The quantitative estimate of drug-likeness (QED) is 0.871. The number of carbonyl (C=O) groups is 1. The Labute approximate surface area is 139 Å². The Kier molecular flexibility index (Phi) is 6.28. The SMILES string of the molecule is CC[C@H](C)NC(=O)CN1CCc2cc(OC)c(OC)cc2CC1. The van der Waals surface area contributed by atoms with Crippen LogP contribution in [0.25, 0.3) is 0 Å². The van der Waals surface area contributed by atoms with Gasteiger partial charge in [-0.1, -0.05) is 6.92 Å². The highest BCUT2D eigenvalue weighted by Crippen LogP contribution is 2.32. The number of benzene rings is 1. The number of rotatable bonds is 6. The van der Waals surface area contributed by atoms with Gasteiger partial charge in [0.25, 0.3) is 0 Å². The van der Waals surface area contributed by atoms with Crippen molar-refractivity contribution in [2.45, 2.75) is 39.2 Å². The van der Waals surface area contributed by atoms with Gasteiger partial charge in [-0.15, -0.1) is 0 Å². The van der Waals surface area contributed by atoms with Crippen molar-refractivity contribution in [2.75, 3.05) is 33.9 Å². The van der Waals surface area contributed by atoms with E-state index in [4.69, 9.17) is 9.47 Å². The maximum Gasteiger partial charge on any atom is 0.234 e. The molecule has 1 N–H and O–H groups in total. The van der Waals surface area contributed by atoms with E-state index in [2.05, 4.69) is 29.3 Å². The average molecular weight is 320 g/mol. The molecule has 0 saturated carbocycles. The summed E-state index contributed by atoms with van der Waals surface area (Å²) in [4.78, 5) is 14.3. The molecule has 0 aliphatic carbocycles. The van der Waals surface area contributed by atoms with Crippen LogP contribution in [0.4, 0.5) is 0 Å². The Morgan fingerprint density at radius 2 is 1.70 bits per heavy atom. The van der Waals surface area contributed by atoms with E-state index in [-0.39, 0.29) is 11.9 Å². The fourth-order valence-corrected chi connectivity index (χ4v) is 2.88. The van der Waals surface area contributed by atoms with Crippen molar-refractivity contribution in [3.63, 3.8) is 0 Å². The molecule has 0 saturated heterocycles. The van der Waals surface area contributed by atoms with Gasteiger partial charge in [-0.3, -0.25) is 9.69 Å². The maximum atomic E-state index is 12.1. The van der Waals surface area contributed by atoms with Gasteiger partial charge in [0.05, 0.1) is 20.8 Å². The first-order chi connectivity index (χ1) is 11.1. The monoisotopic (exact) mass is 320 g/mol. The molecule has 0 radical (unpaired) electrons. The van der Waals surface area contributed by atoms with Crippen LogP contribution in [-0.4, -0.2) is 50.7 Å². The topological polar surface area (TPSA) is 50.8 Å². The van der Waals surface area contributed by atoms with Gasteiger partial charge in [0.2, 0.25) is 5.91 Å². The first-order valence-corrected chi connectivity index (χ1v) is 8.32. The third-order valence-corrected chi connectivity index (χ3v) is 4.49. The normalized spacial score (nSPS) is 16.2. The lowest BCUT2D eigenvalue weighted by Crippen LogP contribution is -2.41. The number of carbonyl (C=O) groups excluding carboxylic acids is 1. The molecule has 0 bridgehead atoms. The molecule has 1 atom stereocenters. The van der Waals surface area contributed by atoms with Crippen molar-refractivity contribution in [3.05, 3.63) is 23.3 Å². The third kappa shape index (κ3) is 4.61. The molecule has 1 aliphatic heterocycles. The lowest BCUT2D eigenvalue weighted by Gasteiger charge is -2.20. The lowest BCUT2D eigenvalue weighted by molar-refractivity contribution is -0.122. The van der Waals surface area contributed by atoms with E-state index in [1.54, 1.807) is 14.2 Å². The second-order valence-corrected chi connectivity index (χ2v) is 6.13. The van der Waals surface area contributed by atoms with Crippen LogP contribution in [0.2, 0.25) is 0 Å². The Morgan fingerprint density at radius 1 is 1.17 bits per heavy atom. The zero-order valence-electron chi connectivity index (χ0n) is 14.6. The van der Waals surface area contributed by atoms with Gasteiger partial charge >= 0.3 is 0 Å². The largest absolute Gasteiger partial charge is 0.493 e. The van der Waals surface area contributed by atoms with E-state index < -0.39 is 0 Å². The Bertz CT molecular complexity index is 510. The number of hydrogen-bond acceptors (Lipinski definition) is 4. The van der Waals surface area contributed by atoms with Crippen LogP contribution >= 0.6 is 0 Å². The number of fused-ring (bicyclic) bond motifs is 1. The van der Waals surface area contributed by atoms with Gasteiger partial charge < -0.3 is 14.8 Å². The molecule has 2 rings (SSSR count). The Morgan fingerprint density at radius 3 is 2.13 bits per heavy atom. The van der Waals surface area contributed by atoms with Gasteiger partial charge in [-0.2, -0.15) is 0 Å². The van der Waals surface area contributed by atoms with Crippen LogP contribution in [0.15, 0.2) is 12.1 Å². The average Bonchev–Trinajstić information content (AvgIpc) is 2.75. The molecular weight excluding hydrogens is 292 g/mol. The van der Waals surface area contributed by atoms with E-state index in [9.17, 15) is 4.79 Å². The summed E-state index contributed by atoms with van der Waals surface area (Å²) in [5, 5.41) is 3.03. The van der Waals surface area contributed by atoms with E-state index in [0.717, 1.165) is 43.9 Å². The molecule has 128 valence electrons. The summed E-state index contributed by atoms with van der Waals surface area (Å²) in [6.07, 6.45) is 2.80. The summed E-state index contributed by atoms with van der Waals surface area (Å²) < 4.78 is 10.8. The predicted octanol–water partition coefficient (Wildman–Crippen LogP) is 2.02. The molecule has 0 unspecified atom stereocenters. The lowest BCUT2D eigenvalue weighted by atomic mass is 10.0. The molecule has 0 fully saturated rings. The summed E-state index contributed by atoms with van der Waals surface area (Å²) in [6.45, 7) is 6.35. The smallest absolute Gasteiger partial charge is 0.234 e. The summed E-state index contributed by atoms with van der Waals surface area (Å²) in [5.41, 5.74) is 2.57. The molecular formula is C18H28N2O3. The van der Waals surface area contributed by atoms with E-state index in [1.807, 2.05) is 6.92 Å². The zero-order valence-corrected chi connectivity index (χ0v) is 14.6. The third-order valence-electron chi connectivity index (χ3n) is 4.49. The van der Waals surface area contributed by atoms with Gasteiger partial charge in [0.15, 0.2) is 11.5 Å². The van der Waals surface area contributed by atoms with Crippen molar-refractivity contribution in [1.82, 2.24) is 10.2 Å². The number of amides is 1. The molecule has 1 heterocycles. The molecule has 5 heteroatoms. The minimum Gasteiger partial charge on any atom is -0.493 e. The molecule has 0 spiro atoms. The summed E-state index contributed by atoms with van der Waals surface area (Å²) in [5.74, 6) is 1.66. The fraction of sp³-hybridized carbons (Fsp3) is 0.611. The van der Waals surface area contributed by atoms with Gasteiger partial charge in [-0.05, 0) is 49.4 Å². The van der Waals surface area contributed by atoms with Crippen molar-refractivity contribution in [1.29, 1.82) is 0 Å². The van der Waals surface area contributed by atoms with Crippen molar-refractivity contribution >= 4 is 5.91 Å². The molecule has 0 aromatic heterocycles. The Balaban J connectivity index is 2.01. The van der Waals surface area contributed by atoms with E-state index in [0.29, 0.717) is 6.54 Å². The van der Waals surface area contributed by atoms with Crippen LogP contribution < -0.4 is 14.8 Å². The molecule has 1 amide bonds. The van der Waals surface area contributed by atoms with Crippen LogP contribution in [0, 0.1) is 0 Å². The molecule has 1 aromatic carbocycles. The number of hydrogen-bond donors (Lipinski definition) is 1. The minimum atomic E-state index is 0.112.